The molecule has 2 aromatic rings. The Bertz CT molecular complexity index is 984. The molecule has 3 rings (SSSR count). The summed E-state index contributed by atoms with van der Waals surface area (Å²) in [6.07, 6.45) is 6.47. The standard InChI is InChI=1S/C21H26N4O2S/c1-4-5-14-6-8-17-18(10-14)28-21(24-17)25-19(26)9-7-15-12(2)16(11-22)20(27)23-13(15)3/h14H,4-10H2,1-3H3,(H,23,27)(H,24,25,26). The van der Waals surface area contributed by atoms with Crippen molar-refractivity contribution < 1.29 is 4.79 Å². The molecule has 1 aliphatic rings. The molecule has 1 atom stereocenters. The Kier molecular flexibility index (Phi) is 6.30. The van der Waals surface area contributed by atoms with Crippen molar-refractivity contribution in [2.45, 2.75) is 65.7 Å². The number of nitriles is 1. The molecule has 6 nitrogen and oxygen atoms in total. The number of aromatic amines is 1. The largest absolute Gasteiger partial charge is 0.325 e. The molecule has 7 heteroatoms. The van der Waals surface area contributed by atoms with Gasteiger partial charge in [-0.1, -0.05) is 19.8 Å². The molecule has 1 aliphatic carbocycles. The molecule has 2 aromatic heterocycles. The Hall–Kier alpha value is -2.46. The smallest absolute Gasteiger partial charge is 0.266 e. The van der Waals surface area contributed by atoms with Crippen LogP contribution in [-0.4, -0.2) is 15.9 Å². The van der Waals surface area contributed by atoms with Crippen LogP contribution in [0.1, 0.15) is 65.6 Å². The first-order valence-corrected chi connectivity index (χ1v) is 10.6. The Morgan fingerprint density at radius 3 is 2.93 bits per heavy atom. The van der Waals surface area contributed by atoms with E-state index in [1.165, 1.54) is 24.1 Å². The van der Waals surface area contributed by atoms with Crippen molar-refractivity contribution in [3.8, 4) is 6.07 Å². The quantitative estimate of drug-likeness (QED) is 0.773. The van der Waals surface area contributed by atoms with Crippen molar-refractivity contribution in [3.63, 3.8) is 0 Å². The van der Waals surface area contributed by atoms with E-state index in [-0.39, 0.29) is 23.5 Å². The second-order valence-electron chi connectivity index (χ2n) is 7.50. The molecule has 2 heterocycles. The van der Waals surface area contributed by atoms with Gasteiger partial charge in [-0.2, -0.15) is 5.26 Å². The van der Waals surface area contributed by atoms with E-state index < -0.39 is 0 Å². The number of rotatable bonds is 6. The van der Waals surface area contributed by atoms with Crippen LogP contribution >= 0.6 is 11.3 Å². The van der Waals surface area contributed by atoms with Gasteiger partial charge in [0, 0.05) is 17.0 Å². The van der Waals surface area contributed by atoms with Crippen LogP contribution < -0.4 is 10.9 Å². The number of amides is 1. The molecule has 148 valence electrons. The van der Waals surface area contributed by atoms with Crippen molar-refractivity contribution in [2.75, 3.05) is 5.32 Å². The maximum Gasteiger partial charge on any atom is 0.266 e. The fourth-order valence-electron chi connectivity index (χ4n) is 3.99. The van der Waals surface area contributed by atoms with Gasteiger partial charge in [-0.3, -0.25) is 9.59 Å². The summed E-state index contributed by atoms with van der Waals surface area (Å²) in [7, 11) is 0. The van der Waals surface area contributed by atoms with Crippen LogP contribution in [-0.2, 0) is 24.1 Å². The van der Waals surface area contributed by atoms with Gasteiger partial charge in [0.1, 0.15) is 11.6 Å². The van der Waals surface area contributed by atoms with E-state index >= 15 is 0 Å². The van der Waals surface area contributed by atoms with Gasteiger partial charge in [0.05, 0.1) is 5.69 Å². The maximum atomic E-state index is 12.4. The average molecular weight is 399 g/mol. The fourth-order valence-corrected chi connectivity index (χ4v) is 5.13. The molecule has 0 radical (unpaired) electrons. The third-order valence-electron chi connectivity index (χ3n) is 5.51. The minimum absolute atomic E-state index is 0.0975. The lowest BCUT2D eigenvalue weighted by atomic mass is 9.88. The van der Waals surface area contributed by atoms with E-state index in [0.29, 0.717) is 22.8 Å². The summed E-state index contributed by atoms with van der Waals surface area (Å²) < 4.78 is 0. The Labute approximate surface area is 169 Å². The summed E-state index contributed by atoms with van der Waals surface area (Å²) in [5.41, 5.74) is 3.10. The third kappa shape index (κ3) is 4.33. The van der Waals surface area contributed by atoms with E-state index in [1.807, 2.05) is 6.07 Å². The number of thiazole rings is 1. The maximum absolute atomic E-state index is 12.4. The molecular formula is C21H26N4O2S. The predicted molar refractivity (Wildman–Crippen MR) is 111 cm³/mol. The van der Waals surface area contributed by atoms with E-state index in [1.54, 1.807) is 25.2 Å². The topological polar surface area (TPSA) is 98.6 Å². The van der Waals surface area contributed by atoms with Gasteiger partial charge >= 0.3 is 0 Å². The number of aryl methyl sites for hydroxylation is 2. The number of nitrogens with one attached hydrogen (secondary N) is 2. The molecule has 28 heavy (non-hydrogen) atoms. The number of carbonyl (C=O) groups excluding carboxylic acids is 1. The Balaban J connectivity index is 1.64. The highest BCUT2D eigenvalue weighted by molar-refractivity contribution is 7.15. The molecule has 0 aliphatic heterocycles. The first kappa shape index (κ1) is 20.3. The monoisotopic (exact) mass is 398 g/mol. The van der Waals surface area contributed by atoms with Crippen molar-refractivity contribution >= 4 is 22.4 Å². The van der Waals surface area contributed by atoms with Gasteiger partial charge in [-0.05, 0) is 56.6 Å². The average Bonchev–Trinajstić information content (AvgIpc) is 3.03. The highest BCUT2D eigenvalue weighted by atomic mass is 32.1. The molecule has 0 saturated heterocycles. The molecule has 0 aromatic carbocycles. The molecule has 0 spiro atoms. The van der Waals surface area contributed by atoms with Crippen molar-refractivity contribution in [1.29, 1.82) is 5.26 Å². The van der Waals surface area contributed by atoms with Gasteiger partial charge in [0.2, 0.25) is 5.91 Å². The lowest BCUT2D eigenvalue weighted by molar-refractivity contribution is -0.116. The highest BCUT2D eigenvalue weighted by Crippen LogP contribution is 2.34. The molecule has 0 saturated carbocycles. The summed E-state index contributed by atoms with van der Waals surface area (Å²) in [6.45, 7) is 5.78. The Morgan fingerprint density at radius 1 is 1.43 bits per heavy atom. The van der Waals surface area contributed by atoms with Crippen molar-refractivity contribution in [3.05, 3.63) is 43.3 Å². The van der Waals surface area contributed by atoms with Gasteiger partial charge in [-0.15, -0.1) is 11.3 Å². The zero-order valence-electron chi connectivity index (χ0n) is 16.6. The summed E-state index contributed by atoms with van der Waals surface area (Å²) in [6, 6.07) is 1.95. The van der Waals surface area contributed by atoms with Gasteiger partial charge in [-0.25, -0.2) is 4.98 Å². The summed E-state index contributed by atoms with van der Waals surface area (Å²) >= 11 is 1.60. The molecule has 1 amide bonds. The lowest BCUT2D eigenvalue weighted by Crippen LogP contribution is -2.18. The van der Waals surface area contributed by atoms with E-state index in [4.69, 9.17) is 5.26 Å². The van der Waals surface area contributed by atoms with Crippen molar-refractivity contribution in [2.24, 2.45) is 5.92 Å². The SMILES string of the molecule is CCCC1CCc2nc(NC(=O)CCc3c(C)[nH]c(=O)c(C#N)c3C)sc2C1. The number of hydrogen-bond donors (Lipinski definition) is 2. The molecule has 0 bridgehead atoms. The Morgan fingerprint density at radius 2 is 2.21 bits per heavy atom. The van der Waals surface area contributed by atoms with E-state index in [2.05, 4.69) is 22.2 Å². The minimum Gasteiger partial charge on any atom is -0.325 e. The number of anilines is 1. The van der Waals surface area contributed by atoms with Gasteiger partial charge < -0.3 is 10.3 Å². The number of fused-ring (bicyclic) bond motifs is 1. The third-order valence-corrected chi connectivity index (χ3v) is 6.54. The van der Waals surface area contributed by atoms with Crippen molar-refractivity contribution in [1.82, 2.24) is 9.97 Å². The molecule has 2 N–H and O–H groups in total. The first-order valence-electron chi connectivity index (χ1n) is 9.83. The normalized spacial score (nSPS) is 15.7. The number of aromatic nitrogens is 2. The van der Waals surface area contributed by atoms with Crippen LogP contribution in [0.2, 0.25) is 0 Å². The summed E-state index contributed by atoms with van der Waals surface area (Å²) in [5.74, 6) is 0.640. The summed E-state index contributed by atoms with van der Waals surface area (Å²) in [4.78, 5) is 32.9. The number of carbonyl (C=O) groups is 1. The molecular weight excluding hydrogens is 372 g/mol. The van der Waals surface area contributed by atoms with E-state index in [0.717, 1.165) is 30.0 Å². The first-order chi connectivity index (χ1) is 13.4. The van der Waals surface area contributed by atoms with Crippen LogP contribution in [0, 0.1) is 31.1 Å². The predicted octanol–water partition coefficient (Wildman–Crippen LogP) is 3.80. The van der Waals surface area contributed by atoms with Crippen LogP contribution in [0.3, 0.4) is 0 Å². The lowest BCUT2D eigenvalue weighted by Gasteiger charge is -2.19. The zero-order chi connectivity index (χ0) is 20.3. The van der Waals surface area contributed by atoms with Crippen LogP contribution in [0.15, 0.2) is 4.79 Å². The minimum atomic E-state index is -0.375. The van der Waals surface area contributed by atoms with Crippen LogP contribution in [0.5, 0.6) is 0 Å². The van der Waals surface area contributed by atoms with Gasteiger partial charge in [0.15, 0.2) is 5.13 Å². The highest BCUT2D eigenvalue weighted by Gasteiger charge is 2.22. The molecule has 0 fully saturated rings. The zero-order valence-corrected chi connectivity index (χ0v) is 17.5. The second kappa shape index (κ2) is 8.70. The second-order valence-corrected chi connectivity index (χ2v) is 8.59. The number of nitrogens with zero attached hydrogens (tertiary/aromatic N) is 2. The molecule has 1 unspecified atom stereocenters. The van der Waals surface area contributed by atoms with E-state index in [9.17, 15) is 9.59 Å². The fraction of sp³-hybridized carbons (Fsp3) is 0.524. The number of hydrogen-bond acceptors (Lipinski definition) is 5. The number of H-pyrrole nitrogens is 1. The van der Waals surface area contributed by atoms with Gasteiger partial charge in [0.25, 0.3) is 5.56 Å². The van der Waals surface area contributed by atoms with Crippen LogP contribution in [0.25, 0.3) is 0 Å². The number of pyridine rings is 1. The summed E-state index contributed by atoms with van der Waals surface area (Å²) in [5, 5.41) is 12.8. The van der Waals surface area contributed by atoms with Crippen LogP contribution in [0.4, 0.5) is 5.13 Å².